The maximum atomic E-state index is 14.2. The summed E-state index contributed by atoms with van der Waals surface area (Å²) in [5.41, 5.74) is 6.06. The first-order valence-electron chi connectivity index (χ1n) is 10.5. The van der Waals surface area contributed by atoms with Crippen LogP contribution in [0.25, 0.3) is 28.1 Å². The van der Waals surface area contributed by atoms with Crippen LogP contribution >= 0.6 is 0 Å². The first-order valence-corrected chi connectivity index (χ1v) is 10.5. The highest BCUT2D eigenvalue weighted by Crippen LogP contribution is 2.29. The van der Waals surface area contributed by atoms with Crippen molar-refractivity contribution < 1.29 is 8.78 Å². The van der Waals surface area contributed by atoms with Crippen molar-refractivity contribution in [2.75, 3.05) is 0 Å². The third-order valence-corrected chi connectivity index (χ3v) is 5.17. The van der Waals surface area contributed by atoms with Crippen LogP contribution in [0.15, 0.2) is 78.6 Å². The molecule has 3 rings (SSSR count). The van der Waals surface area contributed by atoms with E-state index in [4.69, 9.17) is 0 Å². The maximum absolute atomic E-state index is 14.2. The van der Waals surface area contributed by atoms with Gasteiger partial charge < -0.3 is 0 Å². The summed E-state index contributed by atoms with van der Waals surface area (Å²) in [5.74, 6) is -1.40. The van der Waals surface area contributed by atoms with Gasteiger partial charge in [-0.1, -0.05) is 99.5 Å². The summed E-state index contributed by atoms with van der Waals surface area (Å²) in [6.45, 7) is 4.15. The molecule has 0 aromatic heterocycles. The molecule has 0 aliphatic heterocycles. The van der Waals surface area contributed by atoms with Gasteiger partial charge in [-0.2, -0.15) is 0 Å². The topological polar surface area (TPSA) is 0 Å². The van der Waals surface area contributed by atoms with Gasteiger partial charge in [-0.05, 0) is 40.7 Å². The quantitative estimate of drug-likeness (QED) is 0.360. The molecule has 0 fully saturated rings. The van der Waals surface area contributed by atoms with Crippen LogP contribution < -0.4 is 0 Å². The summed E-state index contributed by atoms with van der Waals surface area (Å²) in [5, 5.41) is 0. The van der Waals surface area contributed by atoms with Crippen LogP contribution in [-0.2, 0) is 6.42 Å². The first-order chi connectivity index (χ1) is 14.1. The molecule has 2 heteroatoms. The molecule has 0 saturated heterocycles. The third kappa shape index (κ3) is 5.41. The lowest BCUT2D eigenvalue weighted by molar-refractivity contribution is 0.548. The Morgan fingerprint density at radius 3 is 1.52 bits per heavy atom. The van der Waals surface area contributed by atoms with E-state index < -0.39 is 11.7 Å². The molecule has 29 heavy (non-hydrogen) atoms. The van der Waals surface area contributed by atoms with Crippen molar-refractivity contribution in [3.05, 3.63) is 89.8 Å². The van der Waals surface area contributed by atoms with Crippen LogP contribution in [0.3, 0.4) is 0 Å². The Morgan fingerprint density at radius 2 is 1.07 bits per heavy atom. The van der Waals surface area contributed by atoms with Crippen molar-refractivity contribution >= 4 is 5.83 Å². The minimum absolute atomic E-state index is 0.158. The van der Waals surface area contributed by atoms with Gasteiger partial charge in [0.2, 0.25) is 0 Å². The molecule has 150 valence electrons. The number of aryl methyl sites for hydroxylation is 1. The number of allylic oxidation sites excluding steroid dienone is 1. The van der Waals surface area contributed by atoms with E-state index in [2.05, 4.69) is 55.5 Å². The van der Waals surface area contributed by atoms with Crippen molar-refractivity contribution in [1.82, 2.24) is 0 Å². The molecule has 0 radical (unpaired) electrons. The Hall–Kier alpha value is -2.74. The van der Waals surface area contributed by atoms with Crippen molar-refractivity contribution in [3.63, 3.8) is 0 Å². The predicted octanol–water partition coefficient (Wildman–Crippen LogP) is 8.77. The third-order valence-electron chi connectivity index (χ3n) is 5.17. The van der Waals surface area contributed by atoms with E-state index in [0.717, 1.165) is 30.4 Å². The van der Waals surface area contributed by atoms with Gasteiger partial charge in [0.05, 0.1) is 0 Å². The van der Waals surface area contributed by atoms with Gasteiger partial charge in [0, 0.05) is 12.0 Å². The molecule has 3 aromatic rings. The monoisotopic (exact) mass is 390 g/mol. The van der Waals surface area contributed by atoms with Crippen LogP contribution in [0.4, 0.5) is 8.78 Å². The lowest BCUT2D eigenvalue weighted by Crippen LogP contribution is -1.86. The fraction of sp³-hybridized carbons (Fsp3) is 0.259. The number of rotatable bonds is 8. The Kier molecular flexibility index (Phi) is 7.35. The molecule has 0 saturated carbocycles. The van der Waals surface area contributed by atoms with Gasteiger partial charge in [-0.15, -0.1) is 0 Å². The smallest absolute Gasteiger partial charge is 0.161 e. The first kappa shape index (κ1) is 21.0. The molecule has 0 aliphatic rings. The largest absolute Gasteiger partial charge is 0.209 e. The highest BCUT2D eigenvalue weighted by molar-refractivity contribution is 5.72. The van der Waals surface area contributed by atoms with E-state index in [1.165, 1.54) is 16.7 Å². The number of halogens is 2. The Bertz CT molecular complexity index is 933. The molecule has 3 aromatic carbocycles. The molecule has 0 N–H and O–H groups in total. The Labute approximate surface area is 172 Å². The summed E-state index contributed by atoms with van der Waals surface area (Å²) < 4.78 is 28.1. The number of unbranched alkanes of at least 4 members (excludes halogenated alkanes) is 1. The standard InChI is InChI=1S/C27H28F2/c1-3-5-7-26(28)27(29)25-18-16-24(17-19-25)23-14-12-22(13-15-23)21-10-8-20(6-4-2)9-11-21/h8-19H,3-7H2,1-2H3. The summed E-state index contributed by atoms with van der Waals surface area (Å²) in [7, 11) is 0. The summed E-state index contributed by atoms with van der Waals surface area (Å²) in [4.78, 5) is 0. The normalized spacial score (nSPS) is 12.0. The highest BCUT2D eigenvalue weighted by Gasteiger charge is 2.09. The second-order valence-corrected chi connectivity index (χ2v) is 7.42. The fourth-order valence-corrected chi connectivity index (χ4v) is 3.42. The van der Waals surface area contributed by atoms with Crippen LogP contribution in [0.5, 0.6) is 0 Å². The maximum Gasteiger partial charge on any atom is 0.161 e. The minimum atomic E-state index is -0.744. The van der Waals surface area contributed by atoms with Crippen molar-refractivity contribution in [1.29, 1.82) is 0 Å². The zero-order valence-electron chi connectivity index (χ0n) is 17.2. The number of hydrogen-bond acceptors (Lipinski definition) is 0. The van der Waals surface area contributed by atoms with Crippen LogP contribution in [0.2, 0.25) is 0 Å². The summed E-state index contributed by atoms with van der Waals surface area (Å²) >= 11 is 0. The lowest BCUT2D eigenvalue weighted by atomic mass is 9.98. The van der Waals surface area contributed by atoms with E-state index >= 15 is 0 Å². The predicted molar refractivity (Wildman–Crippen MR) is 120 cm³/mol. The SMILES string of the molecule is CCCCC(F)=C(F)c1ccc(-c2ccc(-c3ccc(CCC)cc3)cc2)cc1. The summed E-state index contributed by atoms with van der Waals surface area (Å²) in [6, 6.07) is 24.0. The molecular formula is C27H28F2. The van der Waals surface area contributed by atoms with Gasteiger partial charge in [-0.3, -0.25) is 0 Å². The minimum Gasteiger partial charge on any atom is -0.209 e. The Balaban J connectivity index is 1.74. The van der Waals surface area contributed by atoms with E-state index in [1.807, 2.05) is 19.1 Å². The molecular weight excluding hydrogens is 362 g/mol. The van der Waals surface area contributed by atoms with E-state index in [-0.39, 0.29) is 6.42 Å². The van der Waals surface area contributed by atoms with E-state index in [9.17, 15) is 8.78 Å². The number of benzene rings is 3. The molecule has 0 aliphatic carbocycles. The van der Waals surface area contributed by atoms with Gasteiger partial charge >= 0.3 is 0 Å². The molecule has 0 bridgehead atoms. The van der Waals surface area contributed by atoms with Crippen molar-refractivity contribution in [3.8, 4) is 22.3 Å². The molecule has 0 heterocycles. The van der Waals surface area contributed by atoms with Crippen molar-refractivity contribution in [2.45, 2.75) is 46.0 Å². The van der Waals surface area contributed by atoms with Gasteiger partial charge in [0.1, 0.15) is 5.83 Å². The van der Waals surface area contributed by atoms with Gasteiger partial charge in [0.25, 0.3) is 0 Å². The second kappa shape index (κ2) is 10.2. The zero-order chi connectivity index (χ0) is 20.6. The molecule has 0 unspecified atom stereocenters. The zero-order valence-corrected chi connectivity index (χ0v) is 17.2. The second-order valence-electron chi connectivity index (χ2n) is 7.42. The molecule has 0 nitrogen and oxygen atoms in total. The Morgan fingerprint density at radius 1 is 0.621 bits per heavy atom. The number of hydrogen-bond donors (Lipinski definition) is 0. The fourth-order valence-electron chi connectivity index (χ4n) is 3.42. The van der Waals surface area contributed by atoms with Gasteiger partial charge in [0.15, 0.2) is 5.83 Å². The highest BCUT2D eigenvalue weighted by atomic mass is 19.2. The molecule has 0 amide bonds. The lowest BCUT2D eigenvalue weighted by Gasteiger charge is -2.07. The van der Waals surface area contributed by atoms with Crippen LogP contribution in [0.1, 0.15) is 50.7 Å². The van der Waals surface area contributed by atoms with Crippen LogP contribution in [0, 0.1) is 0 Å². The molecule has 0 atom stereocenters. The van der Waals surface area contributed by atoms with Crippen LogP contribution in [-0.4, -0.2) is 0 Å². The van der Waals surface area contributed by atoms with E-state index in [0.29, 0.717) is 12.0 Å². The average Bonchev–Trinajstić information content (AvgIpc) is 2.78. The van der Waals surface area contributed by atoms with E-state index in [1.54, 1.807) is 12.1 Å². The average molecular weight is 391 g/mol. The van der Waals surface area contributed by atoms with Crippen molar-refractivity contribution in [2.24, 2.45) is 0 Å². The molecule has 0 spiro atoms. The summed E-state index contributed by atoms with van der Waals surface area (Å²) in [6.07, 6.45) is 3.92. The van der Waals surface area contributed by atoms with Gasteiger partial charge in [-0.25, -0.2) is 8.78 Å².